The summed E-state index contributed by atoms with van der Waals surface area (Å²) in [6, 6.07) is 3.39. The Morgan fingerprint density at radius 2 is 2.17 bits per heavy atom. The quantitative estimate of drug-likeness (QED) is 0.787. The zero-order chi connectivity index (χ0) is 13.0. The predicted molar refractivity (Wildman–Crippen MR) is 65.4 cm³/mol. The van der Waals surface area contributed by atoms with Gasteiger partial charge in [0.1, 0.15) is 0 Å². The van der Waals surface area contributed by atoms with E-state index < -0.39 is 5.97 Å². The van der Waals surface area contributed by atoms with Crippen molar-refractivity contribution in [3.8, 4) is 0 Å². The number of rotatable bonds is 3. The third kappa shape index (κ3) is 2.76. The van der Waals surface area contributed by atoms with Crippen LogP contribution in [0.2, 0.25) is 0 Å². The van der Waals surface area contributed by atoms with Crippen LogP contribution in [0, 0.1) is 5.92 Å². The van der Waals surface area contributed by atoms with Crippen LogP contribution in [0.5, 0.6) is 0 Å². The van der Waals surface area contributed by atoms with Crippen molar-refractivity contribution in [2.45, 2.75) is 12.8 Å². The van der Waals surface area contributed by atoms with E-state index in [2.05, 4.69) is 19.8 Å². The van der Waals surface area contributed by atoms with Crippen LogP contribution in [0.4, 0.5) is 5.82 Å². The number of aliphatic hydroxyl groups excluding tert-OH is 1. The molecule has 98 valence electrons. The zero-order valence-electron chi connectivity index (χ0n) is 10.4. The number of anilines is 1. The lowest BCUT2D eigenvalue weighted by atomic mass is 9.98. The van der Waals surface area contributed by atoms with Crippen LogP contribution in [0.3, 0.4) is 0 Å². The van der Waals surface area contributed by atoms with Crippen molar-refractivity contribution in [1.82, 2.24) is 10.2 Å². The molecule has 1 aliphatic heterocycles. The molecular weight excluding hydrogens is 234 g/mol. The van der Waals surface area contributed by atoms with Crippen LogP contribution >= 0.6 is 0 Å². The molecule has 0 bridgehead atoms. The number of aliphatic hydroxyl groups is 1. The maximum atomic E-state index is 11.2. The average Bonchev–Trinajstić information content (AvgIpc) is 2.47. The summed E-state index contributed by atoms with van der Waals surface area (Å²) < 4.78 is 4.57. The minimum absolute atomic E-state index is 0.214. The molecular formula is C12H17N3O3. The van der Waals surface area contributed by atoms with Gasteiger partial charge in [-0.1, -0.05) is 0 Å². The lowest BCUT2D eigenvalue weighted by Crippen LogP contribution is -2.35. The Morgan fingerprint density at radius 3 is 2.67 bits per heavy atom. The van der Waals surface area contributed by atoms with Gasteiger partial charge in [-0.25, -0.2) is 4.79 Å². The standard InChI is InChI=1S/C12H17N3O3/c1-18-12(17)10-2-3-11(14-13-10)15-6-4-9(8-16)5-7-15/h2-3,9,16H,4-8H2,1H3. The van der Waals surface area contributed by atoms with Crippen molar-refractivity contribution in [2.75, 3.05) is 31.7 Å². The highest BCUT2D eigenvalue weighted by Gasteiger charge is 2.20. The number of hydrogen-bond donors (Lipinski definition) is 1. The Bertz CT molecular complexity index is 400. The fourth-order valence-corrected chi connectivity index (χ4v) is 2.05. The highest BCUT2D eigenvalue weighted by atomic mass is 16.5. The molecule has 2 heterocycles. The normalized spacial score (nSPS) is 16.7. The van der Waals surface area contributed by atoms with Crippen LogP contribution in [-0.2, 0) is 4.74 Å². The fraction of sp³-hybridized carbons (Fsp3) is 0.583. The fourth-order valence-electron chi connectivity index (χ4n) is 2.05. The van der Waals surface area contributed by atoms with Crippen molar-refractivity contribution in [3.05, 3.63) is 17.8 Å². The molecule has 0 amide bonds. The van der Waals surface area contributed by atoms with Gasteiger partial charge >= 0.3 is 5.97 Å². The number of nitrogens with zero attached hydrogens (tertiary/aromatic N) is 3. The molecule has 0 saturated carbocycles. The molecule has 1 saturated heterocycles. The summed E-state index contributed by atoms with van der Waals surface area (Å²) in [5, 5.41) is 17.0. The van der Waals surface area contributed by atoms with Gasteiger partial charge < -0.3 is 14.7 Å². The summed E-state index contributed by atoms with van der Waals surface area (Å²) >= 11 is 0. The largest absolute Gasteiger partial charge is 0.464 e. The second-order valence-electron chi connectivity index (χ2n) is 4.38. The summed E-state index contributed by atoms with van der Waals surface area (Å²) in [6.07, 6.45) is 1.91. The van der Waals surface area contributed by atoms with Crippen LogP contribution in [-0.4, -0.2) is 48.1 Å². The van der Waals surface area contributed by atoms with Crippen molar-refractivity contribution < 1.29 is 14.6 Å². The molecule has 2 rings (SSSR count). The zero-order valence-corrected chi connectivity index (χ0v) is 10.4. The van der Waals surface area contributed by atoms with Crippen molar-refractivity contribution in [2.24, 2.45) is 5.92 Å². The van der Waals surface area contributed by atoms with E-state index in [9.17, 15) is 4.79 Å². The number of ether oxygens (including phenoxy) is 1. The first kappa shape index (κ1) is 12.8. The Labute approximate surface area is 106 Å². The minimum atomic E-state index is -0.479. The molecule has 18 heavy (non-hydrogen) atoms. The maximum Gasteiger partial charge on any atom is 0.358 e. The summed E-state index contributed by atoms with van der Waals surface area (Å²) in [6.45, 7) is 1.97. The molecule has 1 N–H and O–H groups in total. The van der Waals surface area contributed by atoms with Gasteiger partial charge in [0.15, 0.2) is 11.5 Å². The summed E-state index contributed by atoms with van der Waals surface area (Å²) in [7, 11) is 1.32. The Kier molecular flexibility index (Phi) is 4.09. The van der Waals surface area contributed by atoms with E-state index in [1.54, 1.807) is 12.1 Å². The van der Waals surface area contributed by atoms with Gasteiger partial charge in [0.2, 0.25) is 0 Å². The second-order valence-corrected chi connectivity index (χ2v) is 4.38. The molecule has 0 atom stereocenters. The summed E-state index contributed by atoms with van der Waals surface area (Å²) in [5.74, 6) is 0.677. The number of hydrogen-bond acceptors (Lipinski definition) is 6. The molecule has 0 radical (unpaired) electrons. The Balaban J connectivity index is 2.00. The number of carbonyl (C=O) groups excluding carboxylic acids is 1. The van der Waals surface area contributed by atoms with Crippen LogP contribution < -0.4 is 4.90 Å². The third-order valence-electron chi connectivity index (χ3n) is 3.24. The van der Waals surface area contributed by atoms with E-state index in [1.807, 2.05) is 0 Å². The first-order valence-electron chi connectivity index (χ1n) is 6.02. The van der Waals surface area contributed by atoms with Gasteiger partial charge in [0, 0.05) is 19.7 Å². The van der Waals surface area contributed by atoms with E-state index in [0.717, 1.165) is 31.7 Å². The SMILES string of the molecule is COC(=O)c1ccc(N2CCC(CO)CC2)nn1. The molecule has 0 unspecified atom stereocenters. The molecule has 1 aromatic heterocycles. The predicted octanol–water partition coefficient (Wildman–Crippen LogP) is 0.472. The Morgan fingerprint density at radius 1 is 1.44 bits per heavy atom. The van der Waals surface area contributed by atoms with Crippen LogP contribution in [0.25, 0.3) is 0 Å². The molecule has 1 aliphatic rings. The van der Waals surface area contributed by atoms with Gasteiger partial charge in [-0.2, -0.15) is 0 Å². The van der Waals surface area contributed by atoms with Gasteiger partial charge in [-0.3, -0.25) is 0 Å². The smallest absolute Gasteiger partial charge is 0.358 e. The highest BCUT2D eigenvalue weighted by molar-refractivity contribution is 5.86. The Hall–Kier alpha value is -1.69. The lowest BCUT2D eigenvalue weighted by molar-refractivity contribution is 0.0592. The van der Waals surface area contributed by atoms with E-state index in [1.165, 1.54) is 7.11 Å². The average molecular weight is 251 g/mol. The van der Waals surface area contributed by atoms with E-state index in [0.29, 0.717) is 5.92 Å². The van der Waals surface area contributed by atoms with Crippen LogP contribution in [0.1, 0.15) is 23.3 Å². The van der Waals surface area contributed by atoms with E-state index in [-0.39, 0.29) is 12.3 Å². The highest BCUT2D eigenvalue weighted by Crippen LogP contribution is 2.20. The van der Waals surface area contributed by atoms with Gasteiger partial charge in [-0.15, -0.1) is 10.2 Å². The first-order chi connectivity index (χ1) is 8.74. The monoisotopic (exact) mass is 251 g/mol. The van der Waals surface area contributed by atoms with E-state index >= 15 is 0 Å². The van der Waals surface area contributed by atoms with Gasteiger partial charge in [-0.05, 0) is 30.9 Å². The molecule has 6 heteroatoms. The summed E-state index contributed by atoms with van der Waals surface area (Å²) in [5.41, 5.74) is 0.214. The molecule has 0 spiro atoms. The lowest BCUT2D eigenvalue weighted by Gasteiger charge is -2.31. The summed E-state index contributed by atoms with van der Waals surface area (Å²) in [4.78, 5) is 13.3. The molecule has 6 nitrogen and oxygen atoms in total. The third-order valence-corrected chi connectivity index (χ3v) is 3.24. The topological polar surface area (TPSA) is 75.5 Å². The number of esters is 1. The molecule has 1 fully saturated rings. The number of carbonyl (C=O) groups is 1. The van der Waals surface area contributed by atoms with Crippen LogP contribution in [0.15, 0.2) is 12.1 Å². The number of methoxy groups -OCH3 is 1. The van der Waals surface area contributed by atoms with Gasteiger partial charge in [0.25, 0.3) is 0 Å². The molecule has 0 aromatic carbocycles. The number of piperidine rings is 1. The number of aromatic nitrogens is 2. The van der Waals surface area contributed by atoms with Crippen molar-refractivity contribution >= 4 is 11.8 Å². The molecule has 0 aliphatic carbocycles. The minimum Gasteiger partial charge on any atom is -0.464 e. The van der Waals surface area contributed by atoms with Crippen molar-refractivity contribution in [3.63, 3.8) is 0 Å². The first-order valence-corrected chi connectivity index (χ1v) is 6.02. The van der Waals surface area contributed by atoms with E-state index in [4.69, 9.17) is 5.11 Å². The maximum absolute atomic E-state index is 11.2. The molecule has 1 aromatic rings. The second kappa shape index (κ2) is 5.77. The van der Waals surface area contributed by atoms with Crippen molar-refractivity contribution in [1.29, 1.82) is 0 Å². The van der Waals surface area contributed by atoms with Gasteiger partial charge in [0.05, 0.1) is 7.11 Å².